The molecule has 4 rings (SSSR count). The molecule has 0 atom stereocenters. The molecule has 0 fully saturated rings. The molecule has 2 aromatic carbocycles. The van der Waals surface area contributed by atoms with Crippen LogP contribution < -0.4 is 10.3 Å². The van der Waals surface area contributed by atoms with Crippen LogP contribution >= 0.6 is 0 Å². The highest BCUT2D eigenvalue weighted by atomic mass is 16.2. The molecule has 24 heavy (non-hydrogen) atoms. The van der Waals surface area contributed by atoms with Gasteiger partial charge in [0.15, 0.2) is 0 Å². The van der Waals surface area contributed by atoms with Gasteiger partial charge in [-0.15, -0.1) is 0 Å². The quantitative estimate of drug-likeness (QED) is 0.884. The van der Waals surface area contributed by atoms with E-state index in [2.05, 4.69) is 45.8 Å². The highest BCUT2D eigenvalue weighted by Crippen LogP contribution is 2.26. The number of hydrazone groups is 1. The Kier molecular flexibility index (Phi) is 4.03. The number of para-hydroxylation sites is 1. The predicted molar refractivity (Wildman–Crippen MR) is 96.4 cm³/mol. The minimum Gasteiger partial charge on any atom is -0.362 e. The van der Waals surface area contributed by atoms with E-state index in [0.717, 1.165) is 37.9 Å². The van der Waals surface area contributed by atoms with Gasteiger partial charge >= 0.3 is 0 Å². The van der Waals surface area contributed by atoms with Gasteiger partial charge in [-0.25, -0.2) is 5.43 Å². The van der Waals surface area contributed by atoms with E-state index < -0.39 is 0 Å². The van der Waals surface area contributed by atoms with Gasteiger partial charge in [-0.2, -0.15) is 5.10 Å². The van der Waals surface area contributed by atoms with E-state index in [-0.39, 0.29) is 5.91 Å². The number of fused-ring (bicyclic) bond motifs is 2. The van der Waals surface area contributed by atoms with Crippen LogP contribution in [-0.4, -0.2) is 24.7 Å². The third kappa shape index (κ3) is 3.04. The van der Waals surface area contributed by atoms with Crippen molar-refractivity contribution in [2.45, 2.75) is 25.7 Å². The summed E-state index contributed by atoms with van der Waals surface area (Å²) >= 11 is 0. The smallest absolute Gasteiger partial charge is 0.259 e. The predicted octanol–water partition coefficient (Wildman–Crippen LogP) is 2.71. The molecular formula is C20H21N3O. The molecule has 0 bridgehead atoms. The Morgan fingerprint density at radius 3 is 2.42 bits per heavy atom. The van der Waals surface area contributed by atoms with Crippen LogP contribution in [0.2, 0.25) is 0 Å². The highest BCUT2D eigenvalue weighted by Gasteiger charge is 2.19. The van der Waals surface area contributed by atoms with Crippen molar-refractivity contribution < 1.29 is 4.79 Å². The van der Waals surface area contributed by atoms with Gasteiger partial charge in [0, 0.05) is 30.8 Å². The standard InChI is InChI=1S/C20H21N3O/c24-20(14-23-11-5-9-15-6-3-4-10-19(15)23)22-21-18-12-16-7-1-2-8-17(16)13-18/h1-4,6-8,10H,5,9,11-14H2,(H,22,24). The summed E-state index contributed by atoms with van der Waals surface area (Å²) in [5.41, 5.74) is 8.91. The van der Waals surface area contributed by atoms with Crippen LogP contribution in [0.15, 0.2) is 53.6 Å². The number of hydrogen-bond acceptors (Lipinski definition) is 3. The second-order valence-corrected chi connectivity index (χ2v) is 6.49. The number of nitrogens with one attached hydrogen (secondary N) is 1. The number of hydrogen-bond donors (Lipinski definition) is 1. The SMILES string of the molecule is O=C(CN1CCCc2ccccc21)NN=C1Cc2ccccc2C1. The largest absolute Gasteiger partial charge is 0.362 e. The van der Waals surface area contributed by atoms with E-state index >= 15 is 0 Å². The molecule has 1 N–H and O–H groups in total. The summed E-state index contributed by atoms with van der Waals surface area (Å²) in [5, 5.41) is 4.35. The van der Waals surface area contributed by atoms with Crippen LogP contribution in [0, 0.1) is 0 Å². The molecule has 0 aromatic heterocycles. The van der Waals surface area contributed by atoms with Crippen molar-refractivity contribution in [1.82, 2.24) is 5.43 Å². The van der Waals surface area contributed by atoms with Crippen molar-refractivity contribution >= 4 is 17.3 Å². The fraction of sp³-hybridized carbons (Fsp3) is 0.300. The first kappa shape index (κ1) is 14.9. The van der Waals surface area contributed by atoms with E-state index in [9.17, 15) is 4.79 Å². The van der Waals surface area contributed by atoms with Crippen molar-refractivity contribution in [3.8, 4) is 0 Å². The van der Waals surface area contributed by atoms with Crippen molar-refractivity contribution in [3.05, 3.63) is 65.2 Å². The molecule has 1 aliphatic heterocycles. The lowest BCUT2D eigenvalue weighted by atomic mass is 10.0. The van der Waals surface area contributed by atoms with Gasteiger partial charge in [0.1, 0.15) is 0 Å². The average molecular weight is 319 g/mol. The van der Waals surface area contributed by atoms with Crippen molar-refractivity contribution in [1.29, 1.82) is 0 Å². The molecule has 0 unspecified atom stereocenters. The van der Waals surface area contributed by atoms with Gasteiger partial charge in [-0.3, -0.25) is 4.79 Å². The summed E-state index contributed by atoms with van der Waals surface area (Å²) in [4.78, 5) is 14.4. The average Bonchev–Trinajstić information content (AvgIpc) is 3.03. The van der Waals surface area contributed by atoms with Crippen molar-refractivity contribution in [2.75, 3.05) is 18.0 Å². The molecule has 0 saturated heterocycles. The lowest BCUT2D eigenvalue weighted by Crippen LogP contribution is -2.38. The Hall–Kier alpha value is -2.62. The minimum atomic E-state index is -0.0461. The van der Waals surface area contributed by atoms with E-state index in [1.165, 1.54) is 22.4 Å². The first-order valence-corrected chi connectivity index (χ1v) is 8.53. The van der Waals surface area contributed by atoms with Crippen LogP contribution in [-0.2, 0) is 24.1 Å². The molecule has 0 spiro atoms. The maximum atomic E-state index is 12.3. The Bertz CT molecular complexity index is 770. The summed E-state index contributed by atoms with van der Waals surface area (Å²) in [6.07, 6.45) is 3.86. The molecule has 1 aliphatic carbocycles. The fourth-order valence-electron chi connectivity index (χ4n) is 3.61. The Balaban J connectivity index is 1.38. The maximum Gasteiger partial charge on any atom is 0.259 e. The number of nitrogens with zero attached hydrogens (tertiary/aromatic N) is 2. The molecule has 4 heteroatoms. The molecule has 1 heterocycles. The van der Waals surface area contributed by atoms with Crippen molar-refractivity contribution in [3.63, 3.8) is 0 Å². The normalized spacial score (nSPS) is 15.7. The van der Waals surface area contributed by atoms with E-state index in [0.29, 0.717) is 6.54 Å². The second kappa shape index (κ2) is 6.48. The van der Waals surface area contributed by atoms with Crippen LogP contribution in [0.1, 0.15) is 23.1 Å². The maximum absolute atomic E-state index is 12.3. The number of carbonyl (C=O) groups is 1. The molecule has 0 radical (unpaired) electrons. The third-order valence-corrected chi connectivity index (χ3v) is 4.79. The number of aryl methyl sites for hydroxylation is 1. The Morgan fingerprint density at radius 2 is 1.67 bits per heavy atom. The minimum absolute atomic E-state index is 0.0461. The zero-order valence-corrected chi connectivity index (χ0v) is 13.7. The summed E-state index contributed by atoms with van der Waals surface area (Å²) in [5.74, 6) is -0.0461. The monoisotopic (exact) mass is 319 g/mol. The topological polar surface area (TPSA) is 44.7 Å². The van der Waals surface area contributed by atoms with Gasteiger partial charge in [-0.05, 0) is 35.6 Å². The van der Waals surface area contributed by atoms with Crippen LogP contribution in [0.5, 0.6) is 0 Å². The molecule has 122 valence electrons. The summed E-state index contributed by atoms with van der Waals surface area (Å²) in [6.45, 7) is 1.28. The first-order chi connectivity index (χ1) is 11.8. The molecule has 2 aliphatic rings. The molecular weight excluding hydrogens is 298 g/mol. The second-order valence-electron chi connectivity index (χ2n) is 6.49. The summed E-state index contributed by atoms with van der Waals surface area (Å²) in [6, 6.07) is 16.7. The lowest BCUT2D eigenvalue weighted by Gasteiger charge is -2.30. The number of amides is 1. The molecule has 2 aromatic rings. The number of carbonyl (C=O) groups excluding carboxylic acids is 1. The van der Waals surface area contributed by atoms with Gasteiger partial charge in [0.2, 0.25) is 0 Å². The molecule has 0 saturated carbocycles. The summed E-state index contributed by atoms with van der Waals surface area (Å²) in [7, 11) is 0. The van der Waals surface area contributed by atoms with Crippen LogP contribution in [0.25, 0.3) is 0 Å². The molecule has 4 nitrogen and oxygen atoms in total. The number of rotatable bonds is 3. The van der Waals surface area contributed by atoms with E-state index in [1.807, 2.05) is 18.2 Å². The zero-order valence-electron chi connectivity index (χ0n) is 13.7. The van der Waals surface area contributed by atoms with Gasteiger partial charge in [0.05, 0.1) is 6.54 Å². The molecule has 1 amide bonds. The first-order valence-electron chi connectivity index (χ1n) is 8.53. The third-order valence-electron chi connectivity index (χ3n) is 4.79. The van der Waals surface area contributed by atoms with Gasteiger partial charge < -0.3 is 4.90 Å². The Labute approximate surface area is 142 Å². The summed E-state index contributed by atoms with van der Waals surface area (Å²) < 4.78 is 0. The van der Waals surface area contributed by atoms with Gasteiger partial charge in [0.25, 0.3) is 5.91 Å². The van der Waals surface area contributed by atoms with E-state index in [1.54, 1.807) is 0 Å². The van der Waals surface area contributed by atoms with Gasteiger partial charge in [-0.1, -0.05) is 42.5 Å². The number of anilines is 1. The highest BCUT2D eigenvalue weighted by molar-refractivity contribution is 5.94. The van der Waals surface area contributed by atoms with Crippen LogP contribution in [0.4, 0.5) is 5.69 Å². The zero-order chi connectivity index (χ0) is 16.4. The van der Waals surface area contributed by atoms with Crippen LogP contribution in [0.3, 0.4) is 0 Å². The Morgan fingerprint density at radius 1 is 1.00 bits per heavy atom. The lowest BCUT2D eigenvalue weighted by molar-refractivity contribution is -0.119. The fourth-order valence-corrected chi connectivity index (χ4v) is 3.61. The number of benzene rings is 2. The van der Waals surface area contributed by atoms with E-state index in [4.69, 9.17) is 0 Å². The van der Waals surface area contributed by atoms with Crippen molar-refractivity contribution in [2.24, 2.45) is 5.10 Å².